The summed E-state index contributed by atoms with van der Waals surface area (Å²) in [6, 6.07) is 1.96. The van der Waals surface area contributed by atoms with E-state index >= 15 is 0 Å². The predicted molar refractivity (Wildman–Crippen MR) is 72.7 cm³/mol. The zero-order chi connectivity index (χ0) is 13.5. The summed E-state index contributed by atoms with van der Waals surface area (Å²) in [6.07, 6.45) is 0. The van der Waals surface area contributed by atoms with E-state index in [9.17, 15) is 5.11 Å². The van der Waals surface area contributed by atoms with Crippen molar-refractivity contribution in [3.8, 4) is 11.5 Å². The number of rotatable bonds is 4. The van der Waals surface area contributed by atoms with Crippen molar-refractivity contribution in [3.05, 3.63) is 22.7 Å². The Kier molecular flexibility index (Phi) is 3.16. The average molecular weight is 279 g/mol. The SMILES string of the molecule is CC(C)C1(O)CN(Cc2noc(-c3ccsc3)n2)C1. The number of β-amino-alcohol motifs (C(OH)–C–C–N with tert-alkyl or cyclic N) is 1. The third-order valence-electron chi connectivity index (χ3n) is 3.67. The normalized spacial score (nSPS) is 18.7. The molecule has 0 radical (unpaired) electrons. The van der Waals surface area contributed by atoms with Crippen LogP contribution >= 0.6 is 11.3 Å². The molecule has 1 aliphatic rings. The van der Waals surface area contributed by atoms with Gasteiger partial charge in [-0.25, -0.2) is 0 Å². The minimum atomic E-state index is -0.556. The Morgan fingerprint density at radius 1 is 1.53 bits per heavy atom. The summed E-state index contributed by atoms with van der Waals surface area (Å²) >= 11 is 1.60. The first-order valence-corrected chi connectivity index (χ1v) is 7.31. The second-order valence-corrected chi connectivity index (χ2v) is 6.21. The number of thiophene rings is 1. The third-order valence-corrected chi connectivity index (χ3v) is 4.35. The fourth-order valence-electron chi connectivity index (χ4n) is 2.23. The molecule has 0 aromatic carbocycles. The van der Waals surface area contributed by atoms with Gasteiger partial charge in [-0.1, -0.05) is 19.0 Å². The summed E-state index contributed by atoms with van der Waals surface area (Å²) in [7, 11) is 0. The van der Waals surface area contributed by atoms with Crippen molar-refractivity contribution in [3.63, 3.8) is 0 Å². The molecule has 3 heterocycles. The molecule has 0 amide bonds. The van der Waals surface area contributed by atoms with Crippen molar-refractivity contribution >= 4 is 11.3 Å². The van der Waals surface area contributed by atoms with Crippen LogP contribution < -0.4 is 0 Å². The van der Waals surface area contributed by atoms with E-state index in [2.05, 4.69) is 15.0 Å². The highest BCUT2D eigenvalue weighted by Gasteiger charge is 2.43. The molecular weight excluding hydrogens is 262 g/mol. The largest absolute Gasteiger partial charge is 0.387 e. The van der Waals surface area contributed by atoms with E-state index in [1.165, 1.54) is 0 Å². The molecule has 3 rings (SSSR count). The Bertz CT molecular complexity index is 544. The first kappa shape index (κ1) is 12.8. The Hall–Kier alpha value is -1.24. The van der Waals surface area contributed by atoms with Crippen LogP contribution in [0.3, 0.4) is 0 Å². The zero-order valence-electron chi connectivity index (χ0n) is 11.0. The van der Waals surface area contributed by atoms with Crippen molar-refractivity contribution < 1.29 is 9.63 Å². The Morgan fingerprint density at radius 2 is 2.32 bits per heavy atom. The van der Waals surface area contributed by atoms with Crippen molar-refractivity contribution in [1.82, 2.24) is 15.0 Å². The lowest BCUT2D eigenvalue weighted by atomic mass is 9.83. The van der Waals surface area contributed by atoms with Gasteiger partial charge in [-0.2, -0.15) is 16.3 Å². The van der Waals surface area contributed by atoms with Crippen molar-refractivity contribution in [1.29, 1.82) is 0 Å². The number of aliphatic hydroxyl groups is 1. The van der Waals surface area contributed by atoms with Gasteiger partial charge in [-0.05, 0) is 17.4 Å². The van der Waals surface area contributed by atoms with Gasteiger partial charge in [0.15, 0.2) is 5.82 Å². The molecular formula is C13H17N3O2S. The van der Waals surface area contributed by atoms with Gasteiger partial charge in [0.05, 0.1) is 17.7 Å². The highest BCUT2D eigenvalue weighted by Crippen LogP contribution is 2.29. The van der Waals surface area contributed by atoms with Gasteiger partial charge in [-0.15, -0.1) is 0 Å². The first-order valence-electron chi connectivity index (χ1n) is 6.37. The summed E-state index contributed by atoms with van der Waals surface area (Å²) in [4.78, 5) is 6.50. The van der Waals surface area contributed by atoms with Crippen LogP contribution in [0.15, 0.2) is 21.3 Å². The molecule has 19 heavy (non-hydrogen) atoms. The van der Waals surface area contributed by atoms with E-state index in [-0.39, 0.29) is 5.92 Å². The summed E-state index contributed by atoms with van der Waals surface area (Å²) in [5.41, 5.74) is 0.408. The molecule has 102 valence electrons. The second-order valence-electron chi connectivity index (χ2n) is 5.43. The number of nitrogens with zero attached hydrogens (tertiary/aromatic N) is 3. The molecule has 5 nitrogen and oxygen atoms in total. The molecule has 1 saturated heterocycles. The van der Waals surface area contributed by atoms with E-state index in [4.69, 9.17) is 4.52 Å². The molecule has 2 aromatic heterocycles. The van der Waals surface area contributed by atoms with Gasteiger partial charge in [0.1, 0.15) is 0 Å². The maximum absolute atomic E-state index is 10.2. The van der Waals surface area contributed by atoms with Crippen LogP contribution in [-0.4, -0.2) is 38.8 Å². The molecule has 1 N–H and O–H groups in total. The van der Waals surface area contributed by atoms with Gasteiger partial charge >= 0.3 is 0 Å². The molecule has 0 saturated carbocycles. The van der Waals surface area contributed by atoms with Gasteiger partial charge < -0.3 is 9.63 Å². The molecule has 0 atom stereocenters. The van der Waals surface area contributed by atoms with Gasteiger partial charge in [0.25, 0.3) is 5.89 Å². The molecule has 0 aliphatic carbocycles. The quantitative estimate of drug-likeness (QED) is 0.927. The smallest absolute Gasteiger partial charge is 0.258 e. The van der Waals surface area contributed by atoms with Crippen LogP contribution in [0.5, 0.6) is 0 Å². The van der Waals surface area contributed by atoms with Gasteiger partial charge in [0, 0.05) is 18.5 Å². The molecule has 6 heteroatoms. The fourth-order valence-corrected chi connectivity index (χ4v) is 2.86. The summed E-state index contributed by atoms with van der Waals surface area (Å²) in [5.74, 6) is 1.51. The van der Waals surface area contributed by atoms with Crippen molar-refractivity contribution in [2.45, 2.75) is 26.0 Å². The van der Waals surface area contributed by atoms with Crippen LogP contribution in [-0.2, 0) is 6.54 Å². The summed E-state index contributed by atoms with van der Waals surface area (Å²) in [5, 5.41) is 18.1. The average Bonchev–Trinajstić information content (AvgIpc) is 2.96. The van der Waals surface area contributed by atoms with Crippen LogP contribution in [0.25, 0.3) is 11.5 Å². The molecule has 1 fully saturated rings. The Morgan fingerprint density at radius 3 is 2.95 bits per heavy atom. The number of likely N-dealkylation sites (tertiary alicyclic amines) is 1. The molecule has 0 bridgehead atoms. The van der Waals surface area contributed by atoms with E-state index in [0.717, 1.165) is 5.56 Å². The third kappa shape index (κ3) is 2.43. The summed E-state index contributed by atoms with van der Waals surface area (Å²) < 4.78 is 5.23. The predicted octanol–water partition coefficient (Wildman–Crippen LogP) is 2.00. The minimum Gasteiger partial charge on any atom is -0.387 e. The van der Waals surface area contributed by atoms with E-state index in [1.807, 2.05) is 30.7 Å². The van der Waals surface area contributed by atoms with E-state index in [0.29, 0.717) is 31.3 Å². The monoisotopic (exact) mass is 279 g/mol. The lowest BCUT2D eigenvalue weighted by molar-refractivity contribution is -0.131. The lowest BCUT2D eigenvalue weighted by Gasteiger charge is -2.48. The number of hydrogen-bond donors (Lipinski definition) is 1. The molecule has 2 aromatic rings. The highest BCUT2D eigenvalue weighted by molar-refractivity contribution is 7.08. The van der Waals surface area contributed by atoms with Crippen molar-refractivity contribution in [2.75, 3.05) is 13.1 Å². The van der Waals surface area contributed by atoms with Crippen LogP contribution in [0.1, 0.15) is 19.7 Å². The number of hydrogen-bond acceptors (Lipinski definition) is 6. The standard InChI is InChI=1S/C13H17N3O2S/c1-9(2)13(17)7-16(8-13)5-11-14-12(18-15-11)10-3-4-19-6-10/h3-4,6,9,17H,5,7-8H2,1-2H3. The highest BCUT2D eigenvalue weighted by atomic mass is 32.1. The molecule has 0 spiro atoms. The maximum Gasteiger partial charge on any atom is 0.258 e. The van der Waals surface area contributed by atoms with Crippen LogP contribution in [0.4, 0.5) is 0 Å². The number of aromatic nitrogens is 2. The minimum absolute atomic E-state index is 0.274. The fraction of sp³-hybridized carbons (Fsp3) is 0.538. The summed E-state index contributed by atoms with van der Waals surface area (Å²) in [6.45, 7) is 6.06. The molecule has 1 aliphatic heterocycles. The van der Waals surface area contributed by atoms with Gasteiger partial charge in [0.2, 0.25) is 0 Å². The Balaban J connectivity index is 1.61. The van der Waals surface area contributed by atoms with E-state index < -0.39 is 5.60 Å². The lowest BCUT2D eigenvalue weighted by Crippen LogP contribution is -2.63. The van der Waals surface area contributed by atoms with Crippen LogP contribution in [0, 0.1) is 5.92 Å². The van der Waals surface area contributed by atoms with Gasteiger partial charge in [-0.3, -0.25) is 4.90 Å². The first-order chi connectivity index (χ1) is 9.07. The van der Waals surface area contributed by atoms with Crippen LogP contribution in [0.2, 0.25) is 0 Å². The molecule has 0 unspecified atom stereocenters. The second kappa shape index (κ2) is 4.70. The maximum atomic E-state index is 10.2. The Labute approximate surface area is 115 Å². The zero-order valence-corrected chi connectivity index (χ0v) is 11.9. The van der Waals surface area contributed by atoms with Crippen molar-refractivity contribution in [2.24, 2.45) is 5.92 Å². The topological polar surface area (TPSA) is 62.4 Å². The van der Waals surface area contributed by atoms with E-state index in [1.54, 1.807) is 11.3 Å².